The summed E-state index contributed by atoms with van der Waals surface area (Å²) in [6.45, 7) is 9.81. The van der Waals surface area contributed by atoms with E-state index in [0.717, 1.165) is 25.1 Å². The number of aryl methyl sites for hydroxylation is 1. The highest BCUT2D eigenvalue weighted by molar-refractivity contribution is 5.64. The van der Waals surface area contributed by atoms with Crippen LogP contribution < -0.4 is 5.32 Å². The Morgan fingerprint density at radius 2 is 2.05 bits per heavy atom. The van der Waals surface area contributed by atoms with Crippen molar-refractivity contribution in [2.75, 3.05) is 11.9 Å². The number of rotatable bonds is 6. The number of nitrogens with one attached hydrogen (secondary N) is 1. The highest BCUT2D eigenvalue weighted by Gasteiger charge is 2.18. The normalized spacial score (nSPS) is 11.1. The standard InChI is InChI=1S/C16H23FN4/c1-5-9-18-14-8-7-12(16(17)19-14)15-13(11(3)4)10-21(6-2)20-15/h7-8,10-11H,5-6,9H2,1-4H3,(H,18,19). The first kappa shape index (κ1) is 15.5. The largest absolute Gasteiger partial charge is 0.370 e. The van der Waals surface area contributed by atoms with Crippen LogP contribution >= 0.6 is 0 Å². The van der Waals surface area contributed by atoms with Crippen molar-refractivity contribution < 1.29 is 4.39 Å². The van der Waals surface area contributed by atoms with Crippen LogP contribution in [-0.4, -0.2) is 21.3 Å². The summed E-state index contributed by atoms with van der Waals surface area (Å²) in [6, 6.07) is 3.57. The fourth-order valence-electron chi connectivity index (χ4n) is 2.19. The second-order valence-corrected chi connectivity index (χ2v) is 5.41. The fourth-order valence-corrected chi connectivity index (χ4v) is 2.19. The van der Waals surface area contributed by atoms with Crippen LogP contribution in [0.4, 0.5) is 10.2 Å². The Labute approximate surface area is 125 Å². The van der Waals surface area contributed by atoms with Gasteiger partial charge in [-0.3, -0.25) is 4.68 Å². The lowest BCUT2D eigenvalue weighted by atomic mass is 10.0. The lowest BCUT2D eigenvalue weighted by Gasteiger charge is -2.08. The SMILES string of the molecule is CCCNc1ccc(-c2nn(CC)cc2C(C)C)c(F)n1. The third kappa shape index (κ3) is 3.40. The lowest BCUT2D eigenvalue weighted by Crippen LogP contribution is -2.04. The molecule has 114 valence electrons. The second kappa shape index (κ2) is 6.70. The number of nitrogens with zero attached hydrogens (tertiary/aromatic N) is 3. The van der Waals surface area contributed by atoms with Crippen LogP contribution in [0.15, 0.2) is 18.3 Å². The minimum atomic E-state index is -0.473. The van der Waals surface area contributed by atoms with Gasteiger partial charge in [0.2, 0.25) is 5.95 Å². The zero-order chi connectivity index (χ0) is 15.4. The Morgan fingerprint density at radius 3 is 2.62 bits per heavy atom. The Balaban J connectivity index is 2.39. The van der Waals surface area contributed by atoms with Gasteiger partial charge in [-0.05, 0) is 31.4 Å². The molecule has 0 amide bonds. The summed E-state index contributed by atoms with van der Waals surface area (Å²) in [7, 11) is 0. The van der Waals surface area contributed by atoms with Crippen molar-refractivity contribution in [3.05, 3.63) is 29.8 Å². The molecule has 4 nitrogen and oxygen atoms in total. The topological polar surface area (TPSA) is 42.7 Å². The molecular weight excluding hydrogens is 267 g/mol. The van der Waals surface area contributed by atoms with Crippen molar-refractivity contribution >= 4 is 5.82 Å². The molecule has 0 spiro atoms. The number of halogens is 1. The van der Waals surface area contributed by atoms with Crippen LogP contribution in [0.3, 0.4) is 0 Å². The van der Waals surface area contributed by atoms with Crippen molar-refractivity contribution in [2.45, 2.75) is 46.6 Å². The van der Waals surface area contributed by atoms with Crippen molar-refractivity contribution in [1.29, 1.82) is 0 Å². The van der Waals surface area contributed by atoms with Gasteiger partial charge in [-0.2, -0.15) is 9.49 Å². The Kier molecular flexibility index (Phi) is 4.94. The van der Waals surface area contributed by atoms with Gasteiger partial charge in [-0.1, -0.05) is 20.8 Å². The Hall–Kier alpha value is -1.91. The molecule has 0 fully saturated rings. The molecule has 0 aromatic carbocycles. The predicted molar refractivity (Wildman–Crippen MR) is 84.0 cm³/mol. The molecule has 0 aliphatic heterocycles. The molecule has 21 heavy (non-hydrogen) atoms. The van der Waals surface area contributed by atoms with Gasteiger partial charge in [0.05, 0.1) is 5.56 Å². The number of aromatic nitrogens is 3. The van der Waals surface area contributed by atoms with Crippen LogP contribution in [-0.2, 0) is 6.54 Å². The summed E-state index contributed by atoms with van der Waals surface area (Å²) in [6.07, 6.45) is 2.96. The van der Waals surface area contributed by atoms with E-state index in [2.05, 4.69) is 36.2 Å². The van der Waals surface area contributed by atoms with Gasteiger partial charge < -0.3 is 5.32 Å². The van der Waals surface area contributed by atoms with E-state index in [-0.39, 0.29) is 5.92 Å². The molecule has 2 aromatic rings. The quantitative estimate of drug-likeness (QED) is 0.816. The van der Waals surface area contributed by atoms with E-state index in [0.29, 0.717) is 17.1 Å². The summed E-state index contributed by atoms with van der Waals surface area (Å²) in [5.74, 6) is 0.385. The van der Waals surface area contributed by atoms with E-state index >= 15 is 0 Å². The molecule has 2 heterocycles. The zero-order valence-corrected chi connectivity index (χ0v) is 13.2. The summed E-state index contributed by atoms with van der Waals surface area (Å²) in [5, 5.41) is 7.58. The van der Waals surface area contributed by atoms with E-state index < -0.39 is 5.95 Å². The van der Waals surface area contributed by atoms with E-state index in [9.17, 15) is 4.39 Å². The molecule has 0 aliphatic carbocycles. The maximum atomic E-state index is 14.3. The van der Waals surface area contributed by atoms with Crippen LogP contribution in [0.5, 0.6) is 0 Å². The Bertz CT molecular complexity index is 604. The molecule has 2 rings (SSSR count). The number of hydrogen-bond donors (Lipinski definition) is 1. The maximum absolute atomic E-state index is 14.3. The third-order valence-electron chi connectivity index (χ3n) is 3.40. The highest BCUT2D eigenvalue weighted by Crippen LogP contribution is 2.29. The second-order valence-electron chi connectivity index (χ2n) is 5.41. The zero-order valence-electron chi connectivity index (χ0n) is 13.2. The highest BCUT2D eigenvalue weighted by atomic mass is 19.1. The van der Waals surface area contributed by atoms with Gasteiger partial charge >= 0.3 is 0 Å². The Morgan fingerprint density at radius 1 is 1.29 bits per heavy atom. The monoisotopic (exact) mass is 290 g/mol. The molecule has 0 saturated carbocycles. The summed E-state index contributed by atoms with van der Waals surface area (Å²) in [5.41, 5.74) is 2.21. The van der Waals surface area contributed by atoms with Gasteiger partial charge in [0.1, 0.15) is 11.5 Å². The number of hydrogen-bond acceptors (Lipinski definition) is 3. The molecule has 2 aromatic heterocycles. The smallest absolute Gasteiger partial charge is 0.224 e. The van der Waals surface area contributed by atoms with Crippen molar-refractivity contribution in [3.63, 3.8) is 0 Å². The average Bonchev–Trinajstić information content (AvgIpc) is 2.89. The summed E-state index contributed by atoms with van der Waals surface area (Å²) < 4.78 is 16.2. The molecule has 0 atom stereocenters. The minimum absolute atomic E-state index is 0.289. The summed E-state index contributed by atoms with van der Waals surface area (Å²) >= 11 is 0. The van der Waals surface area contributed by atoms with Crippen molar-refractivity contribution in [3.8, 4) is 11.3 Å². The van der Waals surface area contributed by atoms with Crippen molar-refractivity contribution in [1.82, 2.24) is 14.8 Å². The first-order valence-electron chi connectivity index (χ1n) is 7.54. The molecule has 0 aliphatic rings. The van der Waals surface area contributed by atoms with Gasteiger partial charge in [0.15, 0.2) is 0 Å². The molecule has 0 unspecified atom stereocenters. The molecule has 5 heteroatoms. The molecular formula is C16H23FN4. The number of pyridine rings is 1. The predicted octanol–water partition coefficient (Wildman–Crippen LogP) is 4.05. The van der Waals surface area contributed by atoms with E-state index in [4.69, 9.17) is 0 Å². The van der Waals surface area contributed by atoms with Crippen LogP contribution in [0.2, 0.25) is 0 Å². The fraction of sp³-hybridized carbons (Fsp3) is 0.500. The third-order valence-corrected chi connectivity index (χ3v) is 3.40. The van der Waals surface area contributed by atoms with E-state index in [1.165, 1.54) is 0 Å². The van der Waals surface area contributed by atoms with E-state index in [1.807, 2.05) is 23.9 Å². The average molecular weight is 290 g/mol. The van der Waals surface area contributed by atoms with Gasteiger partial charge in [-0.25, -0.2) is 4.98 Å². The first-order chi connectivity index (χ1) is 10.1. The van der Waals surface area contributed by atoms with Crippen LogP contribution in [0, 0.1) is 5.95 Å². The lowest BCUT2D eigenvalue weighted by molar-refractivity contribution is 0.586. The number of anilines is 1. The maximum Gasteiger partial charge on any atom is 0.224 e. The first-order valence-corrected chi connectivity index (χ1v) is 7.54. The molecule has 0 radical (unpaired) electrons. The van der Waals surface area contributed by atoms with Crippen molar-refractivity contribution in [2.24, 2.45) is 0 Å². The van der Waals surface area contributed by atoms with Crippen LogP contribution in [0.1, 0.15) is 45.6 Å². The molecule has 1 N–H and O–H groups in total. The van der Waals surface area contributed by atoms with Gasteiger partial charge in [0.25, 0.3) is 0 Å². The summed E-state index contributed by atoms with van der Waals surface area (Å²) in [4.78, 5) is 4.00. The molecule has 0 bridgehead atoms. The van der Waals surface area contributed by atoms with E-state index in [1.54, 1.807) is 6.07 Å². The van der Waals surface area contributed by atoms with Gasteiger partial charge in [0, 0.05) is 24.8 Å². The molecule has 0 saturated heterocycles. The van der Waals surface area contributed by atoms with Crippen LogP contribution in [0.25, 0.3) is 11.3 Å². The van der Waals surface area contributed by atoms with Gasteiger partial charge in [-0.15, -0.1) is 0 Å². The minimum Gasteiger partial charge on any atom is -0.370 e.